The highest BCUT2D eigenvalue weighted by atomic mass is 32.2. The Labute approximate surface area is 235 Å². The summed E-state index contributed by atoms with van der Waals surface area (Å²) in [5.74, 6) is 0.488. The van der Waals surface area contributed by atoms with Gasteiger partial charge in [0, 0.05) is 13.6 Å². The van der Waals surface area contributed by atoms with E-state index < -0.39 is 28.5 Å². The van der Waals surface area contributed by atoms with Crippen molar-refractivity contribution in [3.8, 4) is 17.2 Å². The number of para-hydroxylation sites is 2. The Morgan fingerprint density at radius 3 is 1.95 bits per heavy atom. The average molecular weight is 570 g/mol. The average Bonchev–Trinajstić information content (AvgIpc) is 2.99. The zero-order valence-corrected chi connectivity index (χ0v) is 24.1. The summed E-state index contributed by atoms with van der Waals surface area (Å²) >= 11 is 0. The van der Waals surface area contributed by atoms with E-state index in [4.69, 9.17) is 14.2 Å². The van der Waals surface area contributed by atoms with Crippen molar-refractivity contribution in [2.75, 3.05) is 39.2 Å². The highest BCUT2D eigenvalue weighted by molar-refractivity contribution is 7.92. The molecule has 0 heterocycles. The number of methoxy groups -OCH3 is 3. The molecule has 0 saturated carbocycles. The maximum atomic E-state index is 14.0. The third-order valence-corrected chi connectivity index (χ3v) is 8.20. The fraction of sp³-hybridized carbons (Fsp3) is 0.310. The van der Waals surface area contributed by atoms with Crippen LogP contribution in [0, 0.1) is 0 Å². The van der Waals surface area contributed by atoms with Gasteiger partial charge in [-0.15, -0.1) is 0 Å². The zero-order chi connectivity index (χ0) is 29.3. The smallest absolute Gasteiger partial charge is 0.264 e. The van der Waals surface area contributed by atoms with Crippen molar-refractivity contribution < 1.29 is 32.2 Å². The molecule has 40 heavy (non-hydrogen) atoms. The predicted molar refractivity (Wildman–Crippen MR) is 152 cm³/mol. The first-order valence-corrected chi connectivity index (χ1v) is 14.1. The van der Waals surface area contributed by atoms with Crippen molar-refractivity contribution in [3.63, 3.8) is 0 Å². The molecule has 0 aliphatic carbocycles. The molecule has 214 valence electrons. The molecular formula is C29H35N3O7S. The van der Waals surface area contributed by atoms with Gasteiger partial charge in [0.05, 0.1) is 31.9 Å². The third kappa shape index (κ3) is 6.84. The van der Waals surface area contributed by atoms with E-state index in [0.29, 0.717) is 17.9 Å². The van der Waals surface area contributed by atoms with Gasteiger partial charge >= 0.3 is 0 Å². The van der Waals surface area contributed by atoms with Crippen LogP contribution >= 0.6 is 0 Å². The number of nitrogens with one attached hydrogen (secondary N) is 1. The van der Waals surface area contributed by atoms with Gasteiger partial charge in [0.1, 0.15) is 29.8 Å². The summed E-state index contributed by atoms with van der Waals surface area (Å²) in [6.45, 7) is 1.30. The van der Waals surface area contributed by atoms with E-state index in [1.54, 1.807) is 62.6 Å². The maximum Gasteiger partial charge on any atom is 0.264 e. The number of benzene rings is 3. The van der Waals surface area contributed by atoms with Gasteiger partial charge in [-0.1, -0.05) is 31.2 Å². The Hall–Kier alpha value is -4.25. The fourth-order valence-electron chi connectivity index (χ4n) is 4.24. The summed E-state index contributed by atoms with van der Waals surface area (Å²) in [5.41, 5.74) is 0.935. The SMILES string of the molecule is CC[C@@H](C(=O)NC)N(Cc1ccc(OC)cc1)C(=O)CN(c1ccccc1OC)S(=O)(=O)c1ccc(OC)cc1. The van der Waals surface area contributed by atoms with E-state index in [0.717, 1.165) is 9.87 Å². The van der Waals surface area contributed by atoms with E-state index in [9.17, 15) is 18.0 Å². The number of rotatable bonds is 13. The lowest BCUT2D eigenvalue weighted by atomic mass is 10.1. The molecule has 0 aliphatic rings. The highest BCUT2D eigenvalue weighted by Crippen LogP contribution is 2.33. The minimum absolute atomic E-state index is 0.0351. The summed E-state index contributed by atoms with van der Waals surface area (Å²) in [7, 11) is 1.71. The molecule has 10 nitrogen and oxygen atoms in total. The van der Waals surface area contributed by atoms with Gasteiger partial charge in [0.15, 0.2) is 0 Å². The number of anilines is 1. The van der Waals surface area contributed by atoms with Crippen molar-refractivity contribution >= 4 is 27.5 Å². The lowest BCUT2D eigenvalue weighted by molar-refractivity contribution is -0.140. The maximum absolute atomic E-state index is 14.0. The number of amides is 2. The van der Waals surface area contributed by atoms with E-state index in [1.165, 1.54) is 50.4 Å². The Kier molecular flexibility index (Phi) is 10.4. The van der Waals surface area contributed by atoms with Crippen LogP contribution in [0.25, 0.3) is 0 Å². The van der Waals surface area contributed by atoms with Crippen LogP contribution in [-0.2, 0) is 26.2 Å². The molecular weight excluding hydrogens is 534 g/mol. The molecule has 3 aromatic carbocycles. The number of hydrogen-bond acceptors (Lipinski definition) is 7. The van der Waals surface area contributed by atoms with Crippen LogP contribution in [0.3, 0.4) is 0 Å². The molecule has 0 fully saturated rings. The number of hydrogen-bond donors (Lipinski definition) is 1. The largest absolute Gasteiger partial charge is 0.497 e. The van der Waals surface area contributed by atoms with Crippen LogP contribution in [0.4, 0.5) is 5.69 Å². The molecule has 0 aromatic heterocycles. The lowest BCUT2D eigenvalue weighted by Crippen LogP contribution is -2.51. The number of nitrogens with zero attached hydrogens (tertiary/aromatic N) is 2. The first-order valence-electron chi connectivity index (χ1n) is 12.6. The third-order valence-electron chi connectivity index (χ3n) is 6.42. The highest BCUT2D eigenvalue weighted by Gasteiger charge is 2.34. The van der Waals surface area contributed by atoms with Crippen molar-refractivity contribution in [1.82, 2.24) is 10.2 Å². The second-order valence-electron chi connectivity index (χ2n) is 8.77. The second-order valence-corrected chi connectivity index (χ2v) is 10.6. The van der Waals surface area contributed by atoms with Crippen LogP contribution in [0.2, 0.25) is 0 Å². The van der Waals surface area contributed by atoms with Gasteiger partial charge in [-0.3, -0.25) is 13.9 Å². The monoisotopic (exact) mass is 569 g/mol. The molecule has 1 atom stereocenters. The van der Waals surface area contributed by atoms with E-state index in [2.05, 4.69) is 5.32 Å². The standard InChI is InChI=1S/C29H35N3O7S/c1-6-25(29(34)30-2)31(19-21-11-13-22(37-3)14-12-21)28(33)20-32(26-9-7-8-10-27(26)39-5)40(35,36)24-17-15-23(38-4)16-18-24/h7-18,25H,6,19-20H2,1-5H3,(H,30,34)/t25-/m0/s1. The molecule has 0 spiro atoms. The van der Waals surface area contributed by atoms with Crippen LogP contribution in [-0.4, -0.2) is 66.1 Å². The Morgan fingerprint density at radius 2 is 1.43 bits per heavy atom. The number of likely N-dealkylation sites (N-methyl/N-ethyl adjacent to an activating group) is 1. The van der Waals surface area contributed by atoms with Crippen molar-refractivity contribution in [2.45, 2.75) is 30.8 Å². The van der Waals surface area contributed by atoms with Gasteiger partial charge < -0.3 is 24.4 Å². The van der Waals surface area contributed by atoms with E-state index >= 15 is 0 Å². The first kappa shape index (κ1) is 30.3. The predicted octanol–water partition coefficient (Wildman–Crippen LogP) is 3.46. The van der Waals surface area contributed by atoms with E-state index in [-0.39, 0.29) is 28.8 Å². The molecule has 0 unspecified atom stereocenters. The van der Waals surface area contributed by atoms with Crippen LogP contribution in [0.5, 0.6) is 17.2 Å². The molecule has 0 aliphatic heterocycles. The normalized spacial score (nSPS) is 11.7. The summed E-state index contributed by atoms with van der Waals surface area (Å²) in [6.07, 6.45) is 0.321. The molecule has 2 amide bonds. The van der Waals surface area contributed by atoms with Gasteiger partial charge in [-0.05, 0) is 60.5 Å². The van der Waals surface area contributed by atoms with Crippen molar-refractivity contribution in [2.24, 2.45) is 0 Å². The zero-order valence-electron chi connectivity index (χ0n) is 23.3. The second kappa shape index (κ2) is 13.7. The number of sulfonamides is 1. The summed E-state index contributed by atoms with van der Waals surface area (Å²) in [5, 5.41) is 2.61. The van der Waals surface area contributed by atoms with Crippen LogP contribution in [0.1, 0.15) is 18.9 Å². The summed E-state index contributed by atoms with van der Waals surface area (Å²) in [4.78, 5) is 28.2. The van der Waals surface area contributed by atoms with Crippen molar-refractivity contribution in [1.29, 1.82) is 0 Å². The van der Waals surface area contributed by atoms with E-state index in [1.807, 2.05) is 0 Å². The molecule has 0 bridgehead atoms. The Morgan fingerprint density at radius 1 is 0.850 bits per heavy atom. The number of carbonyl (C=O) groups excluding carboxylic acids is 2. The Bertz CT molecular complexity index is 1390. The van der Waals surface area contributed by atoms with Gasteiger partial charge in [0.2, 0.25) is 11.8 Å². The fourth-order valence-corrected chi connectivity index (χ4v) is 5.66. The minimum Gasteiger partial charge on any atom is -0.497 e. The van der Waals surface area contributed by atoms with Crippen LogP contribution in [0.15, 0.2) is 77.7 Å². The number of ether oxygens (including phenoxy) is 3. The summed E-state index contributed by atoms with van der Waals surface area (Å²) < 4.78 is 44.8. The molecule has 0 radical (unpaired) electrons. The quantitative estimate of drug-likeness (QED) is 0.335. The molecule has 1 N–H and O–H groups in total. The minimum atomic E-state index is -4.25. The Balaban J connectivity index is 2.08. The molecule has 0 saturated heterocycles. The van der Waals surface area contributed by atoms with Crippen molar-refractivity contribution in [3.05, 3.63) is 78.4 Å². The number of carbonyl (C=O) groups is 2. The van der Waals surface area contributed by atoms with Gasteiger partial charge in [-0.2, -0.15) is 0 Å². The molecule has 3 aromatic rings. The molecule has 11 heteroatoms. The lowest BCUT2D eigenvalue weighted by Gasteiger charge is -2.33. The summed E-state index contributed by atoms with van der Waals surface area (Å²) in [6, 6.07) is 18.7. The topological polar surface area (TPSA) is 114 Å². The van der Waals surface area contributed by atoms with Gasteiger partial charge in [0.25, 0.3) is 10.0 Å². The first-order chi connectivity index (χ1) is 19.2. The molecule has 3 rings (SSSR count). The van der Waals surface area contributed by atoms with Crippen LogP contribution < -0.4 is 23.8 Å². The van der Waals surface area contributed by atoms with Gasteiger partial charge in [-0.25, -0.2) is 8.42 Å².